The molecule has 2 atom stereocenters. The summed E-state index contributed by atoms with van der Waals surface area (Å²) in [6.45, 7) is 2.06. The van der Waals surface area contributed by atoms with E-state index in [4.69, 9.17) is 18.9 Å². The number of carbonyl (C=O) groups is 2. The minimum absolute atomic E-state index is 0.0222. The Balaban J connectivity index is 1.10. The Bertz CT molecular complexity index is 1990. The number of aromatic nitrogens is 1. The summed E-state index contributed by atoms with van der Waals surface area (Å²) in [5.74, 6) is 2.24. The number of benzene rings is 2. The molecule has 51 heavy (non-hydrogen) atoms. The van der Waals surface area contributed by atoms with E-state index in [2.05, 4.69) is 27.0 Å². The minimum Gasteiger partial charge on any atom is -0.497 e. The lowest BCUT2D eigenvalue weighted by Crippen LogP contribution is -2.30. The first-order chi connectivity index (χ1) is 24.8. The zero-order chi connectivity index (χ0) is 36.1. The summed E-state index contributed by atoms with van der Waals surface area (Å²) in [7, 11) is 6.40. The first kappa shape index (κ1) is 35.6. The number of rotatable bonds is 13. The van der Waals surface area contributed by atoms with Crippen LogP contribution in [0.4, 0.5) is 5.69 Å². The molecule has 0 aliphatic heterocycles. The third-order valence-corrected chi connectivity index (χ3v) is 10.1. The third-order valence-electron chi connectivity index (χ3n) is 10.1. The molecule has 4 N–H and O–H groups in total. The van der Waals surface area contributed by atoms with Crippen molar-refractivity contribution in [3.63, 3.8) is 0 Å². The molecule has 0 radical (unpaired) electrons. The molecule has 2 amide bonds. The average molecular weight is 697 g/mol. The van der Waals surface area contributed by atoms with Gasteiger partial charge in [-0.1, -0.05) is 12.5 Å². The smallest absolute Gasteiger partial charge is 0.220 e. The van der Waals surface area contributed by atoms with Crippen molar-refractivity contribution in [2.45, 2.75) is 76.8 Å². The number of hydrogen-bond acceptors (Lipinski definition) is 8. The van der Waals surface area contributed by atoms with Crippen molar-refractivity contribution in [2.24, 2.45) is 0 Å². The number of unbranched alkanes of at least 4 members (excludes halogenated alkanes) is 2. The number of amides is 2. The second-order valence-electron chi connectivity index (χ2n) is 13.3. The highest BCUT2D eigenvalue weighted by atomic mass is 16.5. The summed E-state index contributed by atoms with van der Waals surface area (Å²) in [6, 6.07) is 12.9. The number of aromatic amines is 1. The van der Waals surface area contributed by atoms with Crippen LogP contribution in [0, 0.1) is 0 Å². The van der Waals surface area contributed by atoms with Crippen LogP contribution >= 0.6 is 0 Å². The second kappa shape index (κ2) is 15.8. The summed E-state index contributed by atoms with van der Waals surface area (Å²) < 4.78 is 22.6. The van der Waals surface area contributed by atoms with E-state index in [9.17, 15) is 14.4 Å². The second-order valence-corrected chi connectivity index (χ2v) is 13.3. The lowest BCUT2D eigenvalue weighted by atomic mass is 9.91. The van der Waals surface area contributed by atoms with Gasteiger partial charge < -0.3 is 39.9 Å². The van der Waals surface area contributed by atoms with Crippen LogP contribution < -0.4 is 40.3 Å². The van der Waals surface area contributed by atoms with Crippen molar-refractivity contribution in [1.29, 1.82) is 0 Å². The molecule has 2 aliphatic rings. The Morgan fingerprint density at radius 3 is 2.41 bits per heavy atom. The fourth-order valence-corrected chi connectivity index (χ4v) is 7.64. The Hall–Kier alpha value is -5.19. The van der Waals surface area contributed by atoms with Crippen molar-refractivity contribution in [3.8, 4) is 34.1 Å². The van der Waals surface area contributed by atoms with E-state index >= 15 is 0 Å². The van der Waals surface area contributed by atoms with Crippen LogP contribution in [0.5, 0.6) is 23.0 Å². The standard InChI is InChI=1S/C40H48N4O7/c1-23(45)42-30-16-13-24-20-35(49-3)39(50-4)40(51-5)37(24)26-15-18-32(34(46)22-29(26)30)41-19-8-6-7-12-36(47)43-33-11-9-10-27-28-21-25(48-2)14-17-31(28)44-38(27)33/h14-15,17-18,20-22,30,33,44H,6-13,16,19H2,1-5H3,(H,41,46)(H,42,45)(H,43,47)/t30-,33?/m0/s1. The van der Waals surface area contributed by atoms with Gasteiger partial charge in [0.1, 0.15) is 5.75 Å². The molecular formula is C40H48N4O7. The molecule has 0 saturated heterocycles. The van der Waals surface area contributed by atoms with Crippen molar-refractivity contribution in [1.82, 2.24) is 15.6 Å². The first-order valence-corrected chi connectivity index (χ1v) is 17.8. The topological polar surface area (TPSA) is 140 Å². The number of ether oxygens (including phenoxy) is 4. The Labute approximate surface area is 298 Å². The summed E-state index contributed by atoms with van der Waals surface area (Å²) in [5, 5.41) is 10.8. The average Bonchev–Trinajstić information content (AvgIpc) is 3.35. The van der Waals surface area contributed by atoms with Crippen LogP contribution in [-0.2, 0) is 22.4 Å². The maximum atomic E-state index is 13.6. The third kappa shape index (κ3) is 7.48. The number of anilines is 1. The number of nitrogens with one attached hydrogen (secondary N) is 4. The molecule has 0 fully saturated rings. The van der Waals surface area contributed by atoms with E-state index in [-0.39, 0.29) is 29.3 Å². The number of hydrogen-bond donors (Lipinski definition) is 4. The van der Waals surface area contributed by atoms with Gasteiger partial charge in [0.25, 0.3) is 0 Å². The quantitative estimate of drug-likeness (QED) is 0.116. The molecule has 270 valence electrons. The van der Waals surface area contributed by atoms with Gasteiger partial charge in [0.05, 0.1) is 46.2 Å². The van der Waals surface area contributed by atoms with Crippen LogP contribution in [-0.4, -0.2) is 51.8 Å². The molecule has 11 heteroatoms. The molecule has 6 rings (SSSR count). The van der Waals surface area contributed by atoms with Crippen LogP contribution in [0.3, 0.4) is 0 Å². The van der Waals surface area contributed by atoms with Crippen molar-refractivity contribution >= 4 is 28.4 Å². The van der Waals surface area contributed by atoms with Gasteiger partial charge >= 0.3 is 0 Å². The van der Waals surface area contributed by atoms with Crippen molar-refractivity contribution in [2.75, 3.05) is 40.3 Å². The number of H-pyrrole nitrogens is 1. The largest absolute Gasteiger partial charge is 0.497 e. The number of aryl methyl sites for hydroxylation is 2. The van der Waals surface area contributed by atoms with Crippen LogP contribution in [0.15, 0.2) is 47.3 Å². The lowest BCUT2D eigenvalue weighted by molar-refractivity contribution is -0.122. The lowest BCUT2D eigenvalue weighted by Gasteiger charge is -2.24. The van der Waals surface area contributed by atoms with Crippen molar-refractivity contribution in [3.05, 3.63) is 75.1 Å². The molecule has 4 aromatic rings. The van der Waals surface area contributed by atoms with Gasteiger partial charge in [0.2, 0.25) is 23.0 Å². The zero-order valence-corrected chi connectivity index (χ0v) is 30.1. The number of methoxy groups -OCH3 is 4. The van der Waals surface area contributed by atoms with Gasteiger partial charge in [-0.2, -0.15) is 0 Å². The predicted molar refractivity (Wildman–Crippen MR) is 198 cm³/mol. The monoisotopic (exact) mass is 696 g/mol. The fraction of sp³-hybridized carbons (Fsp3) is 0.425. The molecule has 0 bridgehead atoms. The van der Waals surface area contributed by atoms with Gasteiger partial charge in [-0.15, -0.1) is 0 Å². The Morgan fingerprint density at radius 2 is 1.67 bits per heavy atom. The van der Waals surface area contributed by atoms with E-state index in [0.717, 1.165) is 83.1 Å². The van der Waals surface area contributed by atoms with E-state index < -0.39 is 0 Å². The molecule has 0 spiro atoms. The Morgan fingerprint density at radius 1 is 0.843 bits per heavy atom. The highest BCUT2D eigenvalue weighted by molar-refractivity contribution is 5.87. The summed E-state index contributed by atoms with van der Waals surface area (Å²) >= 11 is 0. The normalized spacial score (nSPS) is 16.2. The fourth-order valence-electron chi connectivity index (χ4n) is 7.64. The van der Waals surface area contributed by atoms with E-state index in [0.29, 0.717) is 48.7 Å². The van der Waals surface area contributed by atoms with E-state index in [1.165, 1.54) is 12.5 Å². The summed E-state index contributed by atoms with van der Waals surface area (Å²) in [6.07, 6.45) is 6.96. The SMILES string of the molecule is COc1ccc2[nH]c3c(c2c1)CCCC3NC(=O)CCCCCNc1ccc2c(cc1=O)[C@@H](NC(C)=O)CCc1cc(OC)c(OC)c(OC)c1-2. The van der Waals surface area contributed by atoms with Gasteiger partial charge in [-0.25, -0.2) is 0 Å². The Kier molecular flexibility index (Phi) is 11.0. The van der Waals surface area contributed by atoms with E-state index in [1.807, 2.05) is 24.3 Å². The van der Waals surface area contributed by atoms with Gasteiger partial charge in [0.15, 0.2) is 11.5 Å². The van der Waals surface area contributed by atoms with Crippen molar-refractivity contribution < 1.29 is 28.5 Å². The molecule has 0 saturated carbocycles. The van der Waals surface area contributed by atoms with Crippen LogP contribution in [0.25, 0.3) is 22.0 Å². The zero-order valence-electron chi connectivity index (χ0n) is 30.1. The molecule has 3 aromatic carbocycles. The predicted octanol–water partition coefficient (Wildman–Crippen LogP) is 6.52. The van der Waals surface area contributed by atoms with Crippen LogP contribution in [0.2, 0.25) is 0 Å². The van der Waals surface area contributed by atoms with Gasteiger partial charge in [-0.3, -0.25) is 14.4 Å². The van der Waals surface area contributed by atoms with Gasteiger partial charge in [-0.05, 0) is 104 Å². The molecule has 1 heterocycles. The molecule has 11 nitrogen and oxygen atoms in total. The molecule has 1 unspecified atom stereocenters. The maximum absolute atomic E-state index is 13.6. The van der Waals surface area contributed by atoms with E-state index in [1.54, 1.807) is 40.6 Å². The number of carbonyl (C=O) groups excluding carboxylic acids is 2. The first-order valence-electron chi connectivity index (χ1n) is 17.8. The minimum atomic E-state index is -0.370. The van der Waals surface area contributed by atoms with Crippen LogP contribution in [0.1, 0.15) is 86.3 Å². The molecular weight excluding hydrogens is 648 g/mol. The highest BCUT2D eigenvalue weighted by Crippen LogP contribution is 2.50. The molecule has 1 aromatic heterocycles. The summed E-state index contributed by atoms with van der Waals surface area (Å²) in [4.78, 5) is 42.3. The van der Waals surface area contributed by atoms with Gasteiger partial charge in [0, 0.05) is 42.0 Å². The maximum Gasteiger partial charge on any atom is 0.220 e. The summed E-state index contributed by atoms with van der Waals surface area (Å²) in [5.41, 5.74) is 7.02. The highest BCUT2D eigenvalue weighted by Gasteiger charge is 2.30. The number of fused-ring (bicyclic) bond motifs is 6. The molecule has 2 aliphatic carbocycles.